The molecule has 7 nitrogen and oxygen atoms in total. The van der Waals surface area contributed by atoms with Gasteiger partial charge in [0, 0.05) is 44.4 Å². The molecule has 2 aromatic rings. The number of aromatic nitrogens is 3. The summed E-state index contributed by atoms with van der Waals surface area (Å²) in [5.74, 6) is 1.02. The Labute approximate surface area is 153 Å². The van der Waals surface area contributed by atoms with Crippen molar-refractivity contribution in [1.82, 2.24) is 24.9 Å². The van der Waals surface area contributed by atoms with Crippen LogP contribution in [0.3, 0.4) is 0 Å². The third-order valence-electron chi connectivity index (χ3n) is 5.42. The van der Waals surface area contributed by atoms with E-state index < -0.39 is 0 Å². The van der Waals surface area contributed by atoms with Crippen LogP contribution in [0.5, 0.6) is 0 Å². The van der Waals surface area contributed by atoms with Crippen molar-refractivity contribution in [2.24, 2.45) is 0 Å². The summed E-state index contributed by atoms with van der Waals surface area (Å²) in [6, 6.07) is 2.12. The molecule has 4 rings (SSSR count). The van der Waals surface area contributed by atoms with Crippen LogP contribution in [-0.2, 0) is 0 Å². The molecule has 138 valence electrons. The molecular weight excluding hydrogens is 330 g/mol. The van der Waals surface area contributed by atoms with Gasteiger partial charge in [-0.1, -0.05) is 5.16 Å². The lowest BCUT2D eigenvalue weighted by atomic mass is 9.90. The van der Waals surface area contributed by atoms with Crippen LogP contribution in [-0.4, -0.2) is 57.1 Å². The highest BCUT2D eigenvalue weighted by atomic mass is 16.5. The maximum Gasteiger partial charge on any atom is 0.319 e. The van der Waals surface area contributed by atoms with Crippen LogP contribution >= 0.6 is 0 Å². The fraction of sp³-hybridized carbons (Fsp3) is 0.579. The van der Waals surface area contributed by atoms with Crippen LogP contribution in [0.4, 0.5) is 4.79 Å². The minimum Gasteiger partial charge on any atom is -0.356 e. The van der Waals surface area contributed by atoms with E-state index in [0.29, 0.717) is 11.7 Å². The standard InChI is InChI=1S/C19H25N5O2/c1-14-11-17(26-22-14)16-12-20-13-21-18(16)15-5-9-24(10-6-15)19(25)23-7-3-2-4-8-23/h11-13,15H,2-10H2,1H3. The number of hydrogen-bond donors (Lipinski definition) is 0. The molecule has 0 radical (unpaired) electrons. The maximum atomic E-state index is 12.7. The van der Waals surface area contributed by atoms with Gasteiger partial charge in [0.25, 0.3) is 0 Å². The number of aryl methyl sites for hydroxylation is 1. The van der Waals surface area contributed by atoms with Gasteiger partial charge >= 0.3 is 6.03 Å². The van der Waals surface area contributed by atoms with E-state index in [0.717, 1.165) is 68.8 Å². The van der Waals surface area contributed by atoms with Gasteiger partial charge in [-0.3, -0.25) is 0 Å². The summed E-state index contributed by atoms with van der Waals surface area (Å²) in [6.45, 7) is 5.26. The Hall–Kier alpha value is -2.44. The van der Waals surface area contributed by atoms with Crippen LogP contribution in [0, 0.1) is 6.92 Å². The Bertz CT molecular complexity index is 761. The minimum absolute atomic E-state index is 0.205. The molecular formula is C19H25N5O2. The number of amides is 2. The molecule has 2 aromatic heterocycles. The molecule has 0 spiro atoms. The zero-order valence-corrected chi connectivity index (χ0v) is 15.2. The minimum atomic E-state index is 0.205. The number of likely N-dealkylation sites (tertiary alicyclic amines) is 2. The molecule has 2 saturated heterocycles. The molecule has 0 saturated carbocycles. The van der Waals surface area contributed by atoms with Crippen LogP contribution < -0.4 is 0 Å². The third-order valence-corrected chi connectivity index (χ3v) is 5.42. The van der Waals surface area contributed by atoms with E-state index in [1.807, 2.05) is 22.8 Å². The van der Waals surface area contributed by atoms with Gasteiger partial charge in [-0.15, -0.1) is 0 Å². The Morgan fingerprint density at radius 3 is 2.54 bits per heavy atom. The van der Waals surface area contributed by atoms with Crippen molar-refractivity contribution in [3.63, 3.8) is 0 Å². The molecule has 0 bridgehead atoms. The lowest BCUT2D eigenvalue weighted by Crippen LogP contribution is -2.48. The van der Waals surface area contributed by atoms with E-state index in [9.17, 15) is 4.79 Å². The predicted octanol–water partition coefficient (Wildman–Crippen LogP) is 3.23. The van der Waals surface area contributed by atoms with Crippen LogP contribution in [0.2, 0.25) is 0 Å². The zero-order chi connectivity index (χ0) is 17.9. The Kier molecular flexibility index (Phi) is 4.86. The molecule has 26 heavy (non-hydrogen) atoms. The van der Waals surface area contributed by atoms with Gasteiger partial charge in [-0.2, -0.15) is 0 Å². The number of piperidine rings is 2. The second kappa shape index (κ2) is 7.43. The van der Waals surface area contributed by atoms with Crippen molar-refractivity contribution in [2.45, 2.75) is 44.9 Å². The second-order valence-electron chi connectivity index (χ2n) is 7.25. The molecule has 0 N–H and O–H groups in total. The van der Waals surface area contributed by atoms with Crippen molar-refractivity contribution in [3.05, 3.63) is 30.0 Å². The van der Waals surface area contributed by atoms with E-state index in [-0.39, 0.29) is 6.03 Å². The highest BCUT2D eigenvalue weighted by Gasteiger charge is 2.29. The smallest absolute Gasteiger partial charge is 0.319 e. The summed E-state index contributed by atoms with van der Waals surface area (Å²) < 4.78 is 5.42. The zero-order valence-electron chi connectivity index (χ0n) is 15.2. The second-order valence-corrected chi connectivity index (χ2v) is 7.25. The van der Waals surface area contributed by atoms with E-state index in [2.05, 4.69) is 15.1 Å². The number of urea groups is 1. The van der Waals surface area contributed by atoms with E-state index in [1.54, 1.807) is 12.5 Å². The van der Waals surface area contributed by atoms with Gasteiger partial charge in [0.05, 0.1) is 17.0 Å². The Balaban J connectivity index is 1.44. The normalized spacial score (nSPS) is 19.0. The first-order valence-corrected chi connectivity index (χ1v) is 9.50. The molecule has 0 unspecified atom stereocenters. The van der Waals surface area contributed by atoms with Crippen molar-refractivity contribution in [1.29, 1.82) is 0 Å². The highest BCUT2D eigenvalue weighted by Crippen LogP contribution is 2.34. The molecule has 0 atom stereocenters. The van der Waals surface area contributed by atoms with Gasteiger partial charge in [0.1, 0.15) is 6.33 Å². The summed E-state index contributed by atoms with van der Waals surface area (Å²) in [7, 11) is 0. The van der Waals surface area contributed by atoms with E-state index >= 15 is 0 Å². The fourth-order valence-electron chi connectivity index (χ4n) is 3.97. The lowest BCUT2D eigenvalue weighted by Gasteiger charge is -2.37. The van der Waals surface area contributed by atoms with Crippen LogP contribution in [0.15, 0.2) is 23.1 Å². The Morgan fingerprint density at radius 1 is 1.12 bits per heavy atom. The van der Waals surface area contributed by atoms with Crippen LogP contribution in [0.25, 0.3) is 11.3 Å². The maximum absolute atomic E-state index is 12.7. The SMILES string of the molecule is Cc1cc(-c2cncnc2C2CCN(C(=O)N3CCCCC3)CC2)on1. The lowest BCUT2D eigenvalue weighted by molar-refractivity contribution is 0.131. The molecule has 2 aliphatic rings. The number of nitrogens with zero attached hydrogens (tertiary/aromatic N) is 5. The van der Waals surface area contributed by atoms with Gasteiger partial charge in [0.2, 0.25) is 0 Å². The monoisotopic (exact) mass is 355 g/mol. The molecule has 0 aliphatic carbocycles. The third kappa shape index (κ3) is 3.43. The van der Waals surface area contributed by atoms with E-state index in [1.165, 1.54) is 6.42 Å². The largest absolute Gasteiger partial charge is 0.356 e. The van der Waals surface area contributed by atoms with Gasteiger partial charge in [0.15, 0.2) is 5.76 Å². The van der Waals surface area contributed by atoms with Crippen molar-refractivity contribution >= 4 is 6.03 Å². The summed E-state index contributed by atoms with van der Waals surface area (Å²) in [4.78, 5) is 25.4. The van der Waals surface area contributed by atoms with Gasteiger partial charge in [-0.25, -0.2) is 14.8 Å². The van der Waals surface area contributed by atoms with Crippen molar-refractivity contribution in [2.75, 3.05) is 26.2 Å². The van der Waals surface area contributed by atoms with Gasteiger partial charge < -0.3 is 14.3 Å². The predicted molar refractivity (Wildman–Crippen MR) is 96.6 cm³/mol. The number of hydrogen-bond acceptors (Lipinski definition) is 5. The number of carbonyl (C=O) groups excluding carboxylic acids is 1. The average Bonchev–Trinajstić information content (AvgIpc) is 3.14. The number of carbonyl (C=O) groups is 1. The number of rotatable bonds is 2. The fourth-order valence-corrected chi connectivity index (χ4v) is 3.97. The molecule has 2 fully saturated rings. The topological polar surface area (TPSA) is 75.4 Å². The molecule has 0 aromatic carbocycles. The molecule has 4 heterocycles. The highest BCUT2D eigenvalue weighted by molar-refractivity contribution is 5.74. The summed E-state index contributed by atoms with van der Waals surface area (Å²) in [6.07, 6.45) is 8.71. The Morgan fingerprint density at radius 2 is 1.85 bits per heavy atom. The summed E-state index contributed by atoms with van der Waals surface area (Å²) in [5.41, 5.74) is 2.76. The molecule has 2 aliphatic heterocycles. The quantitative estimate of drug-likeness (QED) is 0.827. The molecule has 7 heteroatoms. The van der Waals surface area contributed by atoms with E-state index in [4.69, 9.17) is 4.52 Å². The van der Waals surface area contributed by atoms with Gasteiger partial charge in [-0.05, 0) is 39.0 Å². The first-order valence-electron chi connectivity index (χ1n) is 9.50. The van der Waals surface area contributed by atoms with Crippen molar-refractivity contribution < 1.29 is 9.32 Å². The molecule has 2 amide bonds. The van der Waals surface area contributed by atoms with Crippen molar-refractivity contribution in [3.8, 4) is 11.3 Å². The van der Waals surface area contributed by atoms with Crippen LogP contribution in [0.1, 0.15) is 49.4 Å². The summed E-state index contributed by atoms with van der Waals surface area (Å²) >= 11 is 0. The summed E-state index contributed by atoms with van der Waals surface area (Å²) in [5, 5.41) is 3.98. The first kappa shape index (κ1) is 17.0. The average molecular weight is 355 g/mol. The first-order chi connectivity index (χ1) is 12.7.